The fourth-order valence-corrected chi connectivity index (χ4v) is 2.66. The highest BCUT2D eigenvalue weighted by Gasteiger charge is 2.11. The zero-order valence-electron chi connectivity index (χ0n) is 15.8. The zero-order chi connectivity index (χ0) is 20.6. The topological polar surface area (TPSA) is 61.8 Å². The second-order valence-corrected chi connectivity index (χ2v) is 6.13. The molecule has 5 nitrogen and oxygen atoms in total. The molecule has 148 valence electrons. The number of benzene rings is 3. The molecule has 0 spiro atoms. The average Bonchev–Trinajstić information content (AvgIpc) is 2.77. The molecule has 0 saturated carbocycles. The second-order valence-electron chi connectivity index (χ2n) is 6.13. The fourth-order valence-electron chi connectivity index (χ4n) is 2.66. The molecule has 0 bridgehead atoms. The van der Waals surface area contributed by atoms with Crippen LogP contribution in [0.5, 0.6) is 11.5 Å². The van der Waals surface area contributed by atoms with Crippen molar-refractivity contribution in [2.45, 2.75) is 6.61 Å². The maximum absolute atomic E-state index is 13.3. The van der Waals surface area contributed by atoms with Gasteiger partial charge in [-0.05, 0) is 42.5 Å². The van der Waals surface area contributed by atoms with Gasteiger partial charge in [-0.1, -0.05) is 30.3 Å². The Hall–Kier alpha value is -3.67. The monoisotopic (exact) mass is 394 g/mol. The molecule has 29 heavy (non-hydrogen) atoms. The molecule has 3 aromatic carbocycles. The molecule has 0 aliphatic rings. The Morgan fingerprint density at radius 3 is 2.28 bits per heavy atom. The predicted molar refractivity (Wildman–Crippen MR) is 105 cm³/mol. The number of hydrogen-bond acceptors (Lipinski definition) is 5. The number of carbonyl (C=O) groups is 2. The number of hydrogen-bond donors (Lipinski definition) is 0. The lowest BCUT2D eigenvalue weighted by Gasteiger charge is -2.10. The first-order valence-electron chi connectivity index (χ1n) is 8.87. The van der Waals surface area contributed by atoms with Gasteiger partial charge >= 0.3 is 5.97 Å². The summed E-state index contributed by atoms with van der Waals surface area (Å²) in [5.74, 6) is -0.298. The molecule has 3 rings (SSSR count). The van der Waals surface area contributed by atoms with Crippen molar-refractivity contribution in [3.63, 3.8) is 0 Å². The van der Waals surface area contributed by atoms with Crippen molar-refractivity contribution in [2.24, 2.45) is 0 Å². The van der Waals surface area contributed by atoms with E-state index < -0.39 is 11.8 Å². The zero-order valence-corrected chi connectivity index (χ0v) is 15.8. The lowest BCUT2D eigenvalue weighted by Crippen LogP contribution is -2.15. The van der Waals surface area contributed by atoms with Gasteiger partial charge in [0, 0.05) is 16.7 Å². The molecule has 0 aliphatic carbocycles. The minimum absolute atomic E-state index is 0.0967. The molecule has 3 aromatic rings. The SMILES string of the molecule is COc1ccc(F)cc1COC(=O)COc1ccc(C(=O)c2ccccc2)cc1. The van der Waals surface area contributed by atoms with E-state index in [-0.39, 0.29) is 19.0 Å². The van der Waals surface area contributed by atoms with E-state index in [2.05, 4.69) is 0 Å². The Morgan fingerprint density at radius 1 is 0.897 bits per heavy atom. The molecule has 0 fully saturated rings. The number of ether oxygens (including phenoxy) is 3. The third-order valence-electron chi connectivity index (χ3n) is 4.14. The first kappa shape index (κ1) is 20.1. The van der Waals surface area contributed by atoms with Gasteiger partial charge in [0.1, 0.15) is 23.9 Å². The molecule has 0 amide bonds. The maximum Gasteiger partial charge on any atom is 0.344 e. The van der Waals surface area contributed by atoms with E-state index >= 15 is 0 Å². The Bertz CT molecular complexity index is 984. The summed E-state index contributed by atoms with van der Waals surface area (Å²) in [6, 6.07) is 19.4. The summed E-state index contributed by atoms with van der Waals surface area (Å²) < 4.78 is 28.9. The standard InChI is InChI=1S/C23H19FO5/c1-27-21-12-9-19(24)13-18(21)14-29-22(25)15-28-20-10-7-17(8-11-20)23(26)16-5-3-2-4-6-16/h2-13H,14-15H2,1H3. The van der Waals surface area contributed by atoms with Crippen molar-refractivity contribution < 1.29 is 28.2 Å². The summed E-state index contributed by atoms with van der Waals surface area (Å²) >= 11 is 0. The van der Waals surface area contributed by atoms with Crippen molar-refractivity contribution in [3.8, 4) is 11.5 Å². The average molecular weight is 394 g/mol. The van der Waals surface area contributed by atoms with Crippen LogP contribution in [0.1, 0.15) is 21.5 Å². The normalized spacial score (nSPS) is 10.3. The van der Waals surface area contributed by atoms with Gasteiger partial charge in [-0.3, -0.25) is 4.79 Å². The van der Waals surface area contributed by atoms with Crippen molar-refractivity contribution in [1.82, 2.24) is 0 Å². The highest BCUT2D eigenvalue weighted by Crippen LogP contribution is 2.20. The van der Waals surface area contributed by atoms with E-state index in [0.717, 1.165) is 0 Å². The highest BCUT2D eigenvalue weighted by molar-refractivity contribution is 6.08. The van der Waals surface area contributed by atoms with Gasteiger partial charge in [-0.2, -0.15) is 0 Å². The first-order valence-corrected chi connectivity index (χ1v) is 8.87. The molecule has 0 N–H and O–H groups in total. The van der Waals surface area contributed by atoms with E-state index in [9.17, 15) is 14.0 Å². The van der Waals surface area contributed by atoms with E-state index in [1.165, 1.54) is 25.3 Å². The van der Waals surface area contributed by atoms with Crippen molar-refractivity contribution >= 4 is 11.8 Å². The van der Waals surface area contributed by atoms with E-state index in [1.807, 2.05) is 6.07 Å². The van der Waals surface area contributed by atoms with Gasteiger partial charge in [0.05, 0.1) is 7.11 Å². The molecular formula is C23H19FO5. The van der Waals surface area contributed by atoms with E-state index in [4.69, 9.17) is 14.2 Å². The molecule has 0 aromatic heterocycles. The van der Waals surface area contributed by atoms with Crippen LogP contribution in [0.3, 0.4) is 0 Å². The minimum Gasteiger partial charge on any atom is -0.496 e. The molecule has 0 unspecified atom stereocenters. The summed E-state index contributed by atoms with van der Waals surface area (Å²) in [4.78, 5) is 24.3. The third kappa shape index (κ3) is 5.42. The Kier molecular flexibility index (Phi) is 6.58. The number of halogens is 1. The van der Waals surface area contributed by atoms with Gasteiger partial charge in [0.2, 0.25) is 0 Å². The van der Waals surface area contributed by atoms with Gasteiger partial charge in [0.15, 0.2) is 12.4 Å². The van der Waals surface area contributed by atoms with Crippen molar-refractivity contribution in [3.05, 3.63) is 95.3 Å². The van der Waals surface area contributed by atoms with Crippen LogP contribution in [0.15, 0.2) is 72.8 Å². The van der Waals surface area contributed by atoms with E-state index in [1.54, 1.807) is 48.5 Å². The van der Waals surface area contributed by atoms with Crippen molar-refractivity contribution in [1.29, 1.82) is 0 Å². The first-order chi connectivity index (χ1) is 14.1. The number of methoxy groups -OCH3 is 1. The minimum atomic E-state index is -0.610. The van der Waals surface area contributed by atoms with Crippen LogP contribution >= 0.6 is 0 Å². The summed E-state index contributed by atoms with van der Waals surface area (Å²) in [5, 5.41) is 0. The van der Waals surface area contributed by atoms with E-state index in [0.29, 0.717) is 28.2 Å². The number of esters is 1. The summed E-state index contributed by atoms with van der Waals surface area (Å²) in [7, 11) is 1.45. The van der Waals surface area contributed by atoms with Crippen LogP contribution in [0, 0.1) is 5.82 Å². The highest BCUT2D eigenvalue weighted by atomic mass is 19.1. The Balaban J connectivity index is 1.52. The fraction of sp³-hybridized carbons (Fsp3) is 0.130. The molecule has 6 heteroatoms. The van der Waals surface area contributed by atoms with Crippen LogP contribution in [-0.2, 0) is 16.1 Å². The molecule has 0 aliphatic heterocycles. The van der Waals surface area contributed by atoms with Crippen molar-refractivity contribution in [2.75, 3.05) is 13.7 Å². The molecule has 0 saturated heterocycles. The van der Waals surface area contributed by atoms with Gasteiger partial charge in [-0.25, -0.2) is 9.18 Å². The third-order valence-corrected chi connectivity index (χ3v) is 4.14. The van der Waals surface area contributed by atoms with Crippen LogP contribution in [0.4, 0.5) is 4.39 Å². The quantitative estimate of drug-likeness (QED) is 0.424. The maximum atomic E-state index is 13.3. The van der Waals surface area contributed by atoms with Gasteiger partial charge in [0.25, 0.3) is 0 Å². The predicted octanol–water partition coefficient (Wildman–Crippen LogP) is 4.19. The molecule has 0 radical (unpaired) electrons. The van der Waals surface area contributed by atoms with Gasteiger partial charge in [-0.15, -0.1) is 0 Å². The molecular weight excluding hydrogens is 375 g/mol. The van der Waals surface area contributed by atoms with Gasteiger partial charge < -0.3 is 14.2 Å². The number of rotatable bonds is 8. The van der Waals surface area contributed by atoms with Crippen LogP contribution < -0.4 is 9.47 Å². The second kappa shape index (κ2) is 9.50. The largest absolute Gasteiger partial charge is 0.496 e. The summed E-state index contributed by atoms with van der Waals surface area (Å²) in [6.45, 7) is -0.447. The summed E-state index contributed by atoms with van der Waals surface area (Å²) in [6.07, 6.45) is 0. The Morgan fingerprint density at radius 2 is 1.59 bits per heavy atom. The van der Waals surface area contributed by atoms with Crippen LogP contribution in [0.2, 0.25) is 0 Å². The molecule has 0 heterocycles. The summed E-state index contributed by atoms with van der Waals surface area (Å²) in [5.41, 5.74) is 1.53. The molecule has 0 atom stereocenters. The Labute approximate surface area is 167 Å². The smallest absolute Gasteiger partial charge is 0.344 e. The lowest BCUT2D eigenvalue weighted by atomic mass is 10.0. The number of carbonyl (C=O) groups excluding carboxylic acids is 2. The van der Waals surface area contributed by atoms with Crippen LogP contribution in [0.25, 0.3) is 0 Å². The number of ketones is 1. The van der Waals surface area contributed by atoms with Crippen LogP contribution in [-0.4, -0.2) is 25.5 Å². The lowest BCUT2D eigenvalue weighted by molar-refractivity contribution is -0.147.